The van der Waals surface area contributed by atoms with Crippen LogP contribution in [0.5, 0.6) is 23.0 Å². The highest BCUT2D eigenvalue weighted by Gasteiger charge is 2.13. The molecular formula is C52H62N4O6. The molecule has 0 aliphatic rings. The number of rotatable bonds is 28. The molecule has 0 saturated carbocycles. The molecule has 10 heteroatoms. The minimum absolute atomic E-state index is 0.230. The van der Waals surface area contributed by atoms with Crippen LogP contribution in [0.2, 0.25) is 0 Å². The second-order valence-electron chi connectivity index (χ2n) is 15.4. The van der Waals surface area contributed by atoms with Gasteiger partial charge in [0.05, 0.1) is 47.1 Å². The number of ether oxygens (including phenoxy) is 4. The van der Waals surface area contributed by atoms with Crippen molar-refractivity contribution in [1.82, 2.24) is 0 Å². The van der Waals surface area contributed by atoms with E-state index in [-0.39, 0.29) is 11.5 Å². The second kappa shape index (κ2) is 27.6. The molecule has 0 spiro atoms. The zero-order chi connectivity index (χ0) is 43.5. The second-order valence-corrected chi connectivity index (χ2v) is 15.4. The van der Waals surface area contributed by atoms with E-state index in [9.17, 15) is 9.59 Å². The van der Waals surface area contributed by atoms with Crippen molar-refractivity contribution in [1.29, 1.82) is 0 Å². The van der Waals surface area contributed by atoms with Gasteiger partial charge in [0.15, 0.2) is 0 Å². The topological polar surface area (TPSA) is 121 Å². The van der Waals surface area contributed by atoms with Gasteiger partial charge < -0.3 is 18.9 Å². The van der Waals surface area contributed by atoms with Crippen LogP contribution in [0.1, 0.15) is 137 Å². The summed E-state index contributed by atoms with van der Waals surface area (Å²) in [4.78, 5) is 25.9. The molecule has 10 nitrogen and oxygen atoms in total. The predicted molar refractivity (Wildman–Crippen MR) is 247 cm³/mol. The molecule has 0 amide bonds. The lowest BCUT2D eigenvalue weighted by Crippen LogP contribution is -2.10. The van der Waals surface area contributed by atoms with Crippen LogP contribution in [0.4, 0.5) is 22.7 Å². The average Bonchev–Trinajstić information content (AvgIpc) is 3.30. The van der Waals surface area contributed by atoms with Gasteiger partial charge >= 0.3 is 11.9 Å². The summed E-state index contributed by atoms with van der Waals surface area (Å²) >= 11 is 0. The highest BCUT2D eigenvalue weighted by Crippen LogP contribution is 2.26. The smallest absolute Gasteiger partial charge is 0.343 e. The Kier molecular flexibility index (Phi) is 20.9. The maximum absolute atomic E-state index is 12.9. The highest BCUT2D eigenvalue weighted by molar-refractivity contribution is 5.92. The highest BCUT2D eigenvalue weighted by atomic mass is 16.5. The number of hydrogen-bond acceptors (Lipinski definition) is 10. The summed E-state index contributed by atoms with van der Waals surface area (Å²) in [6, 6.07) is 34.7. The fraction of sp³-hybridized carbons (Fsp3) is 0.385. The average molecular weight is 839 g/mol. The van der Waals surface area contributed by atoms with Gasteiger partial charge in [0.2, 0.25) is 0 Å². The first kappa shape index (κ1) is 46.9. The van der Waals surface area contributed by atoms with E-state index in [0.29, 0.717) is 47.1 Å². The van der Waals surface area contributed by atoms with Gasteiger partial charge in [-0.3, -0.25) is 0 Å². The quantitative estimate of drug-likeness (QED) is 0.0214. The summed E-state index contributed by atoms with van der Waals surface area (Å²) in [5.74, 6) is 0.958. The third kappa shape index (κ3) is 17.8. The maximum atomic E-state index is 12.9. The Morgan fingerprint density at radius 3 is 1.02 bits per heavy atom. The fourth-order valence-corrected chi connectivity index (χ4v) is 6.56. The van der Waals surface area contributed by atoms with Crippen LogP contribution in [0, 0.1) is 0 Å². The monoisotopic (exact) mass is 838 g/mol. The van der Waals surface area contributed by atoms with Gasteiger partial charge in [-0.15, -0.1) is 0 Å². The molecule has 0 aromatic heterocycles. The number of benzene rings is 5. The minimum Gasteiger partial charge on any atom is -0.494 e. The SMILES string of the molecule is CCCCCCCCCCOc1ccc(N=Nc2ccc(C(=O)Oc3cccc(OC(=O)c4ccc(N=Nc5ccc(OCCCCCCCCCC)cc5)cc4)c3)cc2)cc1. The summed E-state index contributed by atoms with van der Waals surface area (Å²) in [5.41, 5.74) is 3.22. The Morgan fingerprint density at radius 2 is 0.677 bits per heavy atom. The molecule has 0 N–H and O–H groups in total. The molecule has 0 saturated heterocycles. The van der Waals surface area contributed by atoms with Crippen molar-refractivity contribution < 1.29 is 28.5 Å². The van der Waals surface area contributed by atoms with Gasteiger partial charge in [0.1, 0.15) is 23.0 Å². The number of esters is 2. The maximum Gasteiger partial charge on any atom is 0.343 e. The van der Waals surface area contributed by atoms with Crippen LogP contribution in [-0.4, -0.2) is 25.2 Å². The molecule has 0 atom stereocenters. The van der Waals surface area contributed by atoms with Crippen molar-refractivity contribution in [3.8, 4) is 23.0 Å². The number of carbonyl (C=O) groups excluding carboxylic acids is 2. The van der Waals surface area contributed by atoms with E-state index >= 15 is 0 Å². The molecule has 5 aromatic rings. The van der Waals surface area contributed by atoms with Crippen LogP contribution in [0.15, 0.2) is 142 Å². The van der Waals surface area contributed by atoms with Crippen molar-refractivity contribution in [2.24, 2.45) is 20.5 Å². The summed E-state index contributed by atoms with van der Waals surface area (Å²) in [6.07, 6.45) is 20.2. The molecule has 0 aliphatic carbocycles. The van der Waals surface area contributed by atoms with E-state index < -0.39 is 11.9 Å². The van der Waals surface area contributed by atoms with Gasteiger partial charge in [-0.25, -0.2) is 9.59 Å². The standard InChI is InChI=1S/C52H62N4O6/c1-3-5-7-9-11-13-15-17-38-59-47-34-30-45(31-35-47)55-53-43-26-22-41(23-27-43)51(57)61-49-20-19-21-50(40-49)62-52(58)42-24-28-44(29-25-42)54-56-46-32-36-48(37-33-46)60-39-18-16-14-12-10-8-6-4-2/h19-37,40H,3-18,38-39H2,1-2H3. The number of carbonyl (C=O) groups is 2. The Labute approximate surface area is 367 Å². The van der Waals surface area contributed by atoms with Gasteiger partial charge in [0, 0.05) is 6.07 Å². The first-order valence-corrected chi connectivity index (χ1v) is 22.5. The van der Waals surface area contributed by atoms with E-state index in [1.54, 1.807) is 66.7 Å². The van der Waals surface area contributed by atoms with E-state index in [4.69, 9.17) is 18.9 Å². The molecule has 0 radical (unpaired) electrons. The molecule has 5 rings (SSSR count). The molecule has 0 aliphatic heterocycles. The fourth-order valence-electron chi connectivity index (χ4n) is 6.56. The number of unbranched alkanes of at least 4 members (excludes halogenated alkanes) is 14. The number of azo groups is 2. The van der Waals surface area contributed by atoms with Crippen LogP contribution < -0.4 is 18.9 Å². The molecule has 0 bridgehead atoms. The summed E-state index contributed by atoms with van der Waals surface area (Å²) in [6.45, 7) is 5.91. The van der Waals surface area contributed by atoms with Crippen LogP contribution in [0.3, 0.4) is 0 Å². The van der Waals surface area contributed by atoms with Gasteiger partial charge in [-0.05, 0) is 122 Å². The zero-order valence-corrected chi connectivity index (χ0v) is 36.5. The number of nitrogens with zero attached hydrogens (tertiary/aromatic N) is 4. The summed E-state index contributed by atoms with van der Waals surface area (Å²) < 4.78 is 22.9. The predicted octanol–water partition coefficient (Wildman–Crippen LogP) is 16.0. The Bertz CT molecular complexity index is 1950. The summed E-state index contributed by atoms with van der Waals surface area (Å²) in [5, 5.41) is 17.2. The van der Waals surface area contributed by atoms with Gasteiger partial charge in [0.25, 0.3) is 0 Å². The third-order valence-corrected chi connectivity index (χ3v) is 10.2. The molecule has 0 unspecified atom stereocenters. The van der Waals surface area contributed by atoms with Gasteiger partial charge in [-0.1, -0.05) is 110 Å². The third-order valence-electron chi connectivity index (χ3n) is 10.2. The molecular weight excluding hydrogens is 777 g/mol. The zero-order valence-electron chi connectivity index (χ0n) is 36.5. The van der Waals surface area contributed by atoms with Crippen molar-refractivity contribution in [3.63, 3.8) is 0 Å². The van der Waals surface area contributed by atoms with Crippen LogP contribution in [-0.2, 0) is 0 Å². The Morgan fingerprint density at radius 1 is 0.371 bits per heavy atom. The van der Waals surface area contributed by atoms with Crippen LogP contribution in [0.25, 0.3) is 0 Å². The first-order valence-electron chi connectivity index (χ1n) is 22.5. The van der Waals surface area contributed by atoms with Crippen molar-refractivity contribution in [2.45, 2.75) is 117 Å². The molecule has 62 heavy (non-hydrogen) atoms. The largest absolute Gasteiger partial charge is 0.494 e. The first-order chi connectivity index (χ1) is 30.5. The Balaban J connectivity index is 1.00. The molecule has 0 fully saturated rings. The van der Waals surface area contributed by atoms with Gasteiger partial charge in [-0.2, -0.15) is 20.5 Å². The molecule has 5 aromatic carbocycles. The van der Waals surface area contributed by atoms with E-state index in [1.165, 1.54) is 96.0 Å². The van der Waals surface area contributed by atoms with E-state index in [1.807, 2.05) is 48.5 Å². The minimum atomic E-state index is -0.567. The Hall–Kier alpha value is -6.16. The van der Waals surface area contributed by atoms with E-state index in [0.717, 1.165) is 24.3 Å². The lowest BCUT2D eigenvalue weighted by atomic mass is 10.1. The van der Waals surface area contributed by atoms with Crippen molar-refractivity contribution >= 4 is 34.7 Å². The normalized spacial score (nSPS) is 11.3. The molecule has 326 valence electrons. The van der Waals surface area contributed by atoms with Crippen molar-refractivity contribution in [2.75, 3.05) is 13.2 Å². The summed E-state index contributed by atoms with van der Waals surface area (Å²) in [7, 11) is 0. The van der Waals surface area contributed by atoms with Crippen molar-refractivity contribution in [3.05, 3.63) is 132 Å². The van der Waals surface area contributed by atoms with Crippen LogP contribution >= 0.6 is 0 Å². The lowest BCUT2D eigenvalue weighted by Gasteiger charge is -2.08. The number of hydrogen-bond donors (Lipinski definition) is 0. The molecule has 0 heterocycles. The van der Waals surface area contributed by atoms with E-state index in [2.05, 4.69) is 34.3 Å². The lowest BCUT2D eigenvalue weighted by molar-refractivity contribution is 0.0733.